The predicted octanol–water partition coefficient (Wildman–Crippen LogP) is -0.970. The quantitative estimate of drug-likeness (QED) is 0.725. The molecule has 1 saturated heterocycles. The van der Waals surface area contributed by atoms with Gasteiger partial charge in [0, 0.05) is 19.6 Å². The molecule has 0 saturated carbocycles. The average molecular weight is 267 g/mol. The van der Waals surface area contributed by atoms with Crippen LogP contribution in [0.15, 0.2) is 6.20 Å². The normalized spacial score (nSPS) is 22.7. The fourth-order valence-corrected chi connectivity index (χ4v) is 2.25. The van der Waals surface area contributed by atoms with Crippen molar-refractivity contribution in [3.63, 3.8) is 0 Å². The van der Waals surface area contributed by atoms with E-state index < -0.39 is 11.9 Å². The Morgan fingerprint density at radius 2 is 2.26 bits per heavy atom. The van der Waals surface area contributed by atoms with Gasteiger partial charge in [-0.15, -0.1) is 5.10 Å². The summed E-state index contributed by atoms with van der Waals surface area (Å²) in [7, 11) is 0. The highest BCUT2D eigenvalue weighted by Gasteiger charge is 2.37. The Labute approximate surface area is 110 Å². The predicted molar refractivity (Wildman–Crippen MR) is 65.3 cm³/mol. The summed E-state index contributed by atoms with van der Waals surface area (Å²) in [5.41, 5.74) is 5.62. The highest BCUT2D eigenvalue weighted by molar-refractivity contribution is 5.92. The number of hydrogen-bond acceptors (Lipinski definition) is 5. The van der Waals surface area contributed by atoms with Gasteiger partial charge >= 0.3 is 5.97 Å². The first-order valence-electron chi connectivity index (χ1n) is 6.15. The molecular formula is C11H17N5O3. The Hall–Kier alpha value is -1.96. The monoisotopic (exact) mass is 267 g/mol. The van der Waals surface area contributed by atoms with Crippen LogP contribution in [-0.2, 0) is 11.3 Å². The molecular weight excluding hydrogens is 250 g/mol. The molecule has 0 bridgehead atoms. The Morgan fingerprint density at radius 3 is 2.84 bits per heavy atom. The Kier molecular flexibility index (Phi) is 3.79. The number of carboxylic acids is 1. The molecule has 0 radical (unpaired) electrons. The van der Waals surface area contributed by atoms with Crippen LogP contribution in [0, 0.1) is 11.8 Å². The molecule has 1 fully saturated rings. The molecule has 8 nitrogen and oxygen atoms in total. The van der Waals surface area contributed by atoms with Crippen molar-refractivity contribution < 1.29 is 14.7 Å². The van der Waals surface area contributed by atoms with Crippen molar-refractivity contribution in [2.75, 3.05) is 19.6 Å². The molecule has 0 aliphatic carbocycles. The van der Waals surface area contributed by atoms with Gasteiger partial charge in [-0.1, -0.05) is 12.1 Å². The van der Waals surface area contributed by atoms with Crippen LogP contribution in [0.25, 0.3) is 0 Å². The number of nitrogens with zero attached hydrogens (tertiary/aromatic N) is 4. The van der Waals surface area contributed by atoms with E-state index in [1.54, 1.807) is 0 Å². The maximum Gasteiger partial charge on any atom is 0.308 e. The molecule has 1 aromatic heterocycles. The summed E-state index contributed by atoms with van der Waals surface area (Å²) in [6, 6.07) is 0. The Balaban J connectivity index is 2.06. The second kappa shape index (κ2) is 5.35. The fourth-order valence-electron chi connectivity index (χ4n) is 2.25. The number of rotatable bonds is 4. The number of aromatic nitrogens is 3. The van der Waals surface area contributed by atoms with E-state index in [0.717, 1.165) is 0 Å². The summed E-state index contributed by atoms with van der Waals surface area (Å²) in [6.07, 6.45) is 1.54. The van der Waals surface area contributed by atoms with E-state index in [4.69, 9.17) is 10.8 Å². The van der Waals surface area contributed by atoms with Crippen LogP contribution in [0.1, 0.15) is 17.4 Å². The van der Waals surface area contributed by atoms with Crippen molar-refractivity contribution in [2.24, 2.45) is 17.6 Å². The summed E-state index contributed by atoms with van der Waals surface area (Å²) >= 11 is 0. The second-order valence-corrected chi connectivity index (χ2v) is 4.79. The molecule has 8 heteroatoms. The molecule has 0 unspecified atom stereocenters. The van der Waals surface area contributed by atoms with E-state index >= 15 is 0 Å². The molecule has 2 heterocycles. The van der Waals surface area contributed by atoms with Gasteiger partial charge in [0.15, 0.2) is 5.69 Å². The van der Waals surface area contributed by atoms with Gasteiger partial charge in [-0.2, -0.15) is 0 Å². The second-order valence-electron chi connectivity index (χ2n) is 4.79. The van der Waals surface area contributed by atoms with Crippen LogP contribution in [0.2, 0.25) is 0 Å². The van der Waals surface area contributed by atoms with Crippen molar-refractivity contribution in [3.8, 4) is 0 Å². The van der Waals surface area contributed by atoms with Gasteiger partial charge in [-0.3, -0.25) is 14.3 Å². The molecule has 2 rings (SSSR count). The van der Waals surface area contributed by atoms with Crippen LogP contribution in [0.5, 0.6) is 0 Å². The molecule has 3 N–H and O–H groups in total. The first-order valence-corrected chi connectivity index (χ1v) is 6.15. The molecule has 1 aromatic rings. The molecule has 104 valence electrons. The lowest BCUT2D eigenvalue weighted by atomic mass is 9.99. The van der Waals surface area contributed by atoms with Gasteiger partial charge in [0.2, 0.25) is 0 Å². The maximum atomic E-state index is 12.2. The third kappa shape index (κ3) is 2.73. The SMILES string of the molecule is C[C@@H]1CN(C(=O)c2cn(CCN)nn2)C[C@H]1C(=O)O. The van der Waals surface area contributed by atoms with E-state index in [-0.39, 0.29) is 24.1 Å². The highest BCUT2D eigenvalue weighted by atomic mass is 16.4. The first-order chi connectivity index (χ1) is 9.02. The van der Waals surface area contributed by atoms with E-state index in [9.17, 15) is 9.59 Å². The minimum absolute atomic E-state index is 0.0551. The molecule has 1 amide bonds. The van der Waals surface area contributed by atoms with E-state index in [0.29, 0.717) is 19.6 Å². The molecule has 19 heavy (non-hydrogen) atoms. The molecule has 1 aliphatic heterocycles. The van der Waals surface area contributed by atoms with Crippen molar-refractivity contribution >= 4 is 11.9 Å². The number of carbonyl (C=O) groups is 2. The number of aliphatic carboxylic acids is 1. The van der Waals surface area contributed by atoms with Gasteiger partial charge in [-0.25, -0.2) is 0 Å². The van der Waals surface area contributed by atoms with Gasteiger partial charge < -0.3 is 15.7 Å². The zero-order valence-corrected chi connectivity index (χ0v) is 10.7. The molecule has 0 spiro atoms. The summed E-state index contributed by atoms with van der Waals surface area (Å²) in [4.78, 5) is 24.7. The summed E-state index contributed by atoms with van der Waals surface area (Å²) in [5, 5.41) is 16.6. The zero-order chi connectivity index (χ0) is 14.0. The number of nitrogens with two attached hydrogens (primary N) is 1. The largest absolute Gasteiger partial charge is 0.481 e. The van der Waals surface area contributed by atoms with Crippen LogP contribution in [0.4, 0.5) is 0 Å². The number of hydrogen-bond donors (Lipinski definition) is 2. The summed E-state index contributed by atoms with van der Waals surface area (Å²) < 4.78 is 1.50. The van der Waals surface area contributed by atoms with Crippen LogP contribution in [0.3, 0.4) is 0 Å². The Bertz CT molecular complexity index is 486. The van der Waals surface area contributed by atoms with E-state index in [1.165, 1.54) is 15.8 Å². The molecule has 0 aromatic carbocycles. The van der Waals surface area contributed by atoms with Crippen LogP contribution >= 0.6 is 0 Å². The van der Waals surface area contributed by atoms with Crippen LogP contribution in [-0.4, -0.2) is 56.5 Å². The minimum atomic E-state index is -0.866. The topological polar surface area (TPSA) is 114 Å². The van der Waals surface area contributed by atoms with Crippen molar-refractivity contribution in [1.29, 1.82) is 0 Å². The fraction of sp³-hybridized carbons (Fsp3) is 0.636. The van der Waals surface area contributed by atoms with Crippen molar-refractivity contribution in [3.05, 3.63) is 11.9 Å². The Morgan fingerprint density at radius 1 is 1.53 bits per heavy atom. The van der Waals surface area contributed by atoms with Crippen molar-refractivity contribution in [1.82, 2.24) is 19.9 Å². The smallest absolute Gasteiger partial charge is 0.308 e. The van der Waals surface area contributed by atoms with Gasteiger partial charge in [0.05, 0.1) is 18.7 Å². The lowest BCUT2D eigenvalue weighted by Gasteiger charge is -2.13. The number of carboxylic acid groups (broad SMARTS) is 1. The van der Waals surface area contributed by atoms with Gasteiger partial charge in [0.1, 0.15) is 0 Å². The number of likely N-dealkylation sites (tertiary alicyclic amines) is 1. The third-order valence-corrected chi connectivity index (χ3v) is 3.33. The maximum absolute atomic E-state index is 12.2. The van der Waals surface area contributed by atoms with Gasteiger partial charge in [0.25, 0.3) is 5.91 Å². The summed E-state index contributed by atoms with van der Waals surface area (Å²) in [5.74, 6) is -1.71. The third-order valence-electron chi connectivity index (χ3n) is 3.33. The zero-order valence-electron chi connectivity index (χ0n) is 10.7. The molecule has 1 aliphatic rings. The number of carbonyl (C=O) groups excluding carboxylic acids is 1. The van der Waals surface area contributed by atoms with E-state index in [1.807, 2.05) is 6.92 Å². The lowest BCUT2D eigenvalue weighted by Crippen LogP contribution is -2.30. The van der Waals surface area contributed by atoms with Gasteiger partial charge in [-0.05, 0) is 5.92 Å². The molecule has 2 atom stereocenters. The first kappa shape index (κ1) is 13.5. The highest BCUT2D eigenvalue weighted by Crippen LogP contribution is 2.24. The van der Waals surface area contributed by atoms with Crippen molar-refractivity contribution in [2.45, 2.75) is 13.5 Å². The minimum Gasteiger partial charge on any atom is -0.481 e. The summed E-state index contributed by atoms with van der Waals surface area (Å²) in [6.45, 7) is 3.39. The average Bonchev–Trinajstić information content (AvgIpc) is 2.95. The van der Waals surface area contributed by atoms with Crippen LogP contribution < -0.4 is 5.73 Å². The standard InChI is InChI=1S/C11H17N5O3/c1-7-4-15(5-8(7)11(18)19)10(17)9-6-16(3-2-12)14-13-9/h6-8H,2-5,12H2,1H3,(H,18,19)/t7-,8-/m1/s1. The lowest BCUT2D eigenvalue weighted by molar-refractivity contribution is -0.142. The van der Waals surface area contributed by atoms with E-state index in [2.05, 4.69) is 10.3 Å². The number of amides is 1.